The number of amidine groups is 1. The van der Waals surface area contributed by atoms with Crippen LogP contribution in [0.2, 0.25) is 5.02 Å². The number of carbonyl (C=O) groups excluding carboxylic acids is 1. The lowest BCUT2D eigenvalue weighted by Gasteiger charge is -2.20. The molecule has 0 saturated carbocycles. The first-order valence-electron chi connectivity index (χ1n) is 6.51. The summed E-state index contributed by atoms with van der Waals surface area (Å²) in [6.45, 7) is 6.43. The third-order valence-electron chi connectivity index (χ3n) is 2.57. The minimum absolute atomic E-state index is 0.000893. The van der Waals surface area contributed by atoms with Gasteiger partial charge in [-0.05, 0) is 32.4 Å². The first kappa shape index (κ1) is 17.3. The van der Waals surface area contributed by atoms with Crippen LogP contribution >= 0.6 is 11.6 Å². The highest BCUT2D eigenvalue weighted by atomic mass is 35.5. The van der Waals surface area contributed by atoms with Gasteiger partial charge in [0.15, 0.2) is 5.84 Å². The SMILES string of the molecule is CC(C)(C)NC(=O)CNCc1ccc(/C(N)=N/O)cc1Cl. The maximum atomic E-state index is 11.6. The molecular weight excluding hydrogens is 292 g/mol. The van der Waals surface area contributed by atoms with E-state index in [0.717, 1.165) is 5.56 Å². The van der Waals surface area contributed by atoms with Gasteiger partial charge in [-0.15, -0.1) is 0 Å². The molecule has 7 heteroatoms. The lowest BCUT2D eigenvalue weighted by Crippen LogP contribution is -2.44. The number of carbonyl (C=O) groups is 1. The molecule has 6 nitrogen and oxygen atoms in total. The van der Waals surface area contributed by atoms with Crippen molar-refractivity contribution in [2.45, 2.75) is 32.9 Å². The summed E-state index contributed by atoms with van der Waals surface area (Å²) >= 11 is 6.12. The van der Waals surface area contributed by atoms with Crippen molar-refractivity contribution in [1.82, 2.24) is 10.6 Å². The number of oxime groups is 1. The minimum Gasteiger partial charge on any atom is -0.409 e. The van der Waals surface area contributed by atoms with Gasteiger partial charge in [0.2, 0.25) is 5.91 Å². The van der Waals surface area contributed by atoms with Crippen LogP contribution in [0.1, 0.15) is 31.9 Å². The van der Waals surface area contributed by atoms with Gasteiger partial charge in [0.25, 0.3) is 0 Å². The normalized spacial score (nSPS) is 12.3. The van der Waals surface area contributed by atoms with E-state index >= 15 is 0 Å². The molecule has 1 aromatic rings. The summed E-state index contributed by atoms with van der Waals surface area (Å²) in [4.78, 5) is 11.6. The zero-order chi connectivity index (χ0) is 16.0. The van der Waals surface area contributed by atoms with Crippen LogP contribution in [0.15, 0.2) is 23.4 Å². The fourth-order valence-corrected chi connectivity index (χ4v) is 1.93. The van der Waals surface area contributed by atoms with Crippen molar-refractivity contribution in [3.8, 4) is 0 Å². The van der Waals surface area contributed by atoms with Gasteiger partial charge in [-0.1, -0.05) is 28.9 Å². The third-order valence-corrected chi connectivity index (χ3v) is 2.92. The number of rotatable bonds is 5. The monoisotopic (exact) mass is 312 g/mol. The van der Waals surface area contributed by atoms with Crippen LogP contribution in [0.25, 0.3) is 0 Å². The van der Waals surface area contributed by atoms with Crippen LogP contribution in [0.4, 0.5) is 0 Å². The van der Waals surface area contributed by atoms with E-state index in [2.05, 4.69) is 15.8 Å². The van der Waals surface area contributed by atoms with Gasteiger partial charge in [-0.2, -0.15) is 0 Å². The molecule has 1 aromatic carbocycles. The fourth-order valence-electron chi connectivity index (χ4n) is 1.68. The Morgan fingerprint density at radius 3 is 2.62 bits per heavy atom. The Labute approximate surface area is 129 Å². The molecule has 0 heterocycles. The molecule has 116 valence electrons. The highest BCUT2D eigenvalue weighted by molar-refractivity contribution is 6.31. The molecule has 0 aliphatic carbocycles. The maximum absolute atomic E-state index is 11.6. The summed E-state index contributed by atoms with van der Waals surface area (Å²) in [5, 5.41) is 17.9. The van der Waals surface area contributed by atoms with Crippen LogP contribution in [-0.2, 0) is 11.3 Å². The molecule has 0 fully saturated rings. The summed E-state index contributed by atoms with van der Waals surface area (Å²) in [5.74, 6) is -0.0761. The first-order chi connectivity index (χ1) is 9.73. The van der Waals surface area contributed by atoms with Crippen molar-refractivity contribution in [3.63, 3.8) is 0 Å². The molecule has 0 aromatic heterocycles. The van der Waals surface area contributed by atoms with Crippen molar-refractivity contribution in [2.75, 3.05) is 6.54 Å². The molecular formula is C14H21ClN4O2. The zero-order valence-corrected chi connectivity index (χ0v) is 13.2. The van der Waals surface area contributed by atoms with Crippen molar-refractivity contribution in [3.05, 3.63) is 34.3 Å². The number of benzene rings is 1. The summed E-state index contributed by atoms with van der Waals surface area (Å²) in [6, 6.07) is 5.08. The van der Waals surface area contributed by atoms with E-state index in [1.807, 2.05) is 20.8 Å². The molecule has 0 radical (unpaired) electrons. The van der Waals surface area contributed by atoms with Gasteiger partial charge in [0, 0.05) is 22.7 Å². The van der Waals surface area contributed by atoms with E-state index in [-0.39, 0.29) is 23.8 Å². The van der Waals surface area contributed by atoms with Crippen molar-refractivity contribution in [1.29, 1.82) is 0 Å². The summed E-state index contributed by atoms with van der Waals surface area (Å²) in [6.07, 6.45) is 0. The molecule has 0 atom stereocenters. The number of hydrogen-bond donors (Lipinski definition) is 4. The Hall–Kier alpha value is -1.79. The van der Waals surface area contributed by atoms with Crippen LogP contribution < -0.4 is 16.4 Å². The minimum atomic E-state index is -0.251. The van der Waals surface area contributed by atoms with E-state index in [4.69, 9.17) is 22.5 Å². The average Bonchev–Trinajstić information content (AvgIpc) is 2.37. The lowest BCUT2D eigenvalue weighted by molar-refractivity contribution is -0.121. The van der Waals surface area contributed by atoms with E-state index in [1.54, 1.807) is 18.2 Å². The molecule has 0 aliphatic heterocycles. The fraction of sp³-hybridized carbons (Fsp3) is 0.429. The topological polar surface area (TPSA) is 99.7 Å². The van der Waals surface area contributed by atoms with Gasteiger partial charge in [0.05, 0.1) is 6.54 Å². The molecule has 0 bridgehead atoms. The molecule has 0 spiro atoms. The largest absolute Gasteiger partial charge is 0.409 e. The molecule has 1 amide bonds. The van der Waals surface area contributed by atoms with E-state index in [1.165, 1.54) is 0 Å². The summed E-state index contributed by atoms with van der Waals surface area (Å²) < 4.78 is 0. The van der Waals surface area contributed by atoms with Crippen molar-refractivity contribution < 1.29 is 10.0 Å². The number of nitrogens with zero attached hydrogens (tertiary/aromatic N) is 1. The number of nitrogens with one attached hydrogen (secondary N) is 2. The van der Waals surface area contributed by atoms with Gasteiger partial charge in [-0.3, -0.25) is 4.79 Å². The first-order valence-corrected chi connectivity index (χ1v) is 6.89. The number of amides is 1. The predicted octanol–water partition coefficient (Wildman–Crippen LogP) is 1.44. The van der Waals surface area contributed by atoms with Crippen LogP contribution in [-0.4, -0.2) is 29.0 Å². The van der Waals surface area contributed by atoms with Gasteiger partial charge < -0.3 is 21.6 Å². The van der Waals surface area contributed by atoms with Crippen LogP contribution in [0.5, 0.6) is 0 Å². The number of nitrogens with two attached hydrogens (primary N) is 1. The molecule has 0 aliphatic rings. The molecule has 21 heavy (non-hydrogen) atoms. The van der Waals surface area contributed by atoms with Gasteiger partial charge in [-0.25, -0.2) is 0 Å². The number of halogens is 1. The van der Waals surface area contributed by atoms with Crippen LogP contribution in [0, 0.1) is 0 Å². The summed E-state index contributed by atoms with van der Waals surface area (Å²) in [7, 11) is 0. The Morgan fingerprint density at radius 2 is 2.10 bits per heavy atom. The highest BCUT2D eigenvalue weighted by Gasteiger charge is 2.13. The average molecular weight is 313 g/mol. The predicted molar refractivity (Wildman–Crippen MR) is 83.6 cm³/mol. The Balaban J connectivity index is 2.55. The Kier molecular flexibility index (Phi) is 5.99. The molecule has 0 saturated heterocycles. The second-order valence-corrected chi connectivity index (χ2v) is 6.10. The smallest absolute Gasteiger partial charge is 0.234 e. The van der Waals surface area contributed by atoms with E-state index in [0.29, 0.717) is 17.1 Å². The third kappa shape index (κ3) is 6.01. The lowest BCUT2D eigenvalue weighted by atomic mass is 10.1. The quantitative estimate of drug-likeness (QED) is 0.286. The van der Waals surface area contributed by atoms with E-state index in [9.17, 15) is 4.79 Å². The number of hydrogen-bond acceptors (Lipinski definition) is 4. The Morgan fingerprint density at radius 1 is 1.43 bits per heavy atom. The van der Waals surface area contributed by atoms with Gasteiger partial charge >= 0.3 is 0 Å². The summed E-state index contributed by atoms with van der Waals surface area (Å²) in [5.41, 5.74) is 6.60. The second-order valence-electron chi connectivity index (χ2n) is 5.69. The second kappa shape index (κ2) is 7.28. The molecule has 5 N–H and O–H groups in total. The molecule has 1 rings (SSSR count). The molecule has 0 unspecified atom stereocenters. The highest BCUT2D eigenvalue weighted by Crippen LogP contribution is 2.17. The van der Waals surface area contributed by atoms with E-state index < -0.39 is 0 Å². The standard InChI is InChI=1S/C14H21ClN4O2/c1-14(2,3)18-12(20)8-17-7-10-5-4-9(6-11(10)15)13(16)19-21/h4-6,17,21H,7-8H2,1-3H3,(H2,16,19)(H,18,20). The maximum Gasteiger partial charge on any atom is 0.234 e. The van der Waals surface area contributed by atoms with Crippen LogP contribution in [0.3, 0.4) is 0 Å². The van der Waals surface area contributed by atoms with Crippen molar-refractivity contribution in [2.24, 2.45) is 10.9 Å². The van der Waals surface area contributed by atoms with Gasteiger partial charge in [0.1, 0.15) is 0 Å². The zero-order valence-electron chi connectivity index (χ0n) is 12.4. The van der Waals surface area contributed by atoms with Crippen molar-refractivity contribution >= 4 is 23.3 Å². The Bertz CT molecular complexity index is 538.